The van der Waals surface area contributed by atoms with Gasteiger partial charge in [-0.1, -0.05) is 184 Å². The standard InChI is InChI=1S/C55H96O12S/c1-3-5-7-9-11-13-15-17-19-21-23-24-26-27-29-31-33-35-37-39-41-43-50(56)64-45-48(46-65-55-54(60)53(59)52(58)49(67-55)47-68(61,62)63)66-51(57)44-42-40-38-36-34-32-30-28-25-22-20-18-16-14-12-10-8-6-4-2/h12,14-15,17-18,20-21,23,25,28,48-49,52-55,58-60H,3-11,13,16,19,22,24,26-27,29-47H2,1-2H3,(H,61,62,63)/b14-12-,17-15-,20-18-,23-21-,28-25-. The molecule has 1 fully saturated rings. The SMILES string of the molecule is CCCCC/C=C\C/C=C\C/C=C\CCCCCCCCC(=O)OC(COC(=O)CCCCCCCCCCC/C=C\C/C=C\CCCCCCC)COC1OC(CS(=O)(=O)O)C(O)C(O)C1O. The molecule has 1 heterocycles. The molecule has 1 saturated heterocycles. The largest absolute Gasteiger partial charge is 0.462 e. The fourth-order valence-electron chi connectivity index (χ4n) is 7.89. The first-order valence-corrected chi connectivity index (χ1v) is 28.5. The minimum absolute atomic E-state index is 0.147. The van der Waals surface area contributed by atoms with E-state index in [0.29, 0.717) is 12.8 Å². The molecule has 0 aromatic rings. The van der Waals surface area contributed by atoms with Crippen LogP contribution < -0.4 is 0 Å². The molecule has 1 rings (SSSR count). The number of esters is 2. The van der Waals surface area contributed by atoms with Crippen molar-refractivity contribution >= 4 is 22.1 Å². The number of carbonyl (C=O) groups is 2. The van der Waals surface area contributed by atoms with Crippen molar-refractivity contribution in [3.63, 3.8) is 0 Å². The van der Waals surface area contributed by atoms with Gasteiger partial charge in [-0.05, 0) is 83.5 Å². The summed E-state index contributed by atoms with van der Waals surface area (Å²) in [6.45, 7) is 3.73. The molecule has 0 aromatic carbocycles. The second-order valence-electron chi connectivity index (χ2n) is 18.5. The van der Waals surface area contributed by atoms with Crippen LogP contribution in [-0.2, 0) is 38.7 Å². The predicted octanol–water partition coefficient (Wildman–Crippen LogP) is 12.5. The van der Waals surface area contributed by atoms with Crippen molar-refractivity contribution in [2.45, 2.75) is 256 Å². The lowest BCUT2D eigenvalue weighted by Gasteiger charge is -2.40. The third-order valence-corrected chi connectivity index (χ3v) is 12.8. The number of aliphatic hydroxyl groups is 3. The summed E-state index contributed by atoms with van der Waals surface area (Å²) in [5, 5.41) is 31.0. The van der Waals surface area contributed by atoms with Crippen LogP contribution in [-0.4, -0.2) is 96.0 Å². The molecular formula is C55H96O12S. The molecule has 394 valence electrons. The van der Waals surface area contributed by atoms with Crippen molar-refractivity contribution in [2.24, 2.45) is 0 Å². The van der Waals surface area contributed by atoms with Gasteiger partial charge < -0.3 is 34.3 Å². The Labute approximate surface area is 413 Å². The third-order valence-electron chi connectivity index (χ3n) is 12.1. The maximum Gasteiger partial charge on any atom is 0.306 e. The smallest absolute Gasteiger partial charge is 0.306 e. The minimum Gasteiger partial charge on any atom is -0.462 e. The van der Waals surface area contributed by atoms with Gasteiger partial charge in [0.2, 0.25) is 0 Å². The Morgan fingerprint density at radius 1 is 0.500 bits per heavy atom. The highest BCUT2D eigenvalue weighted by molar-refractivity contribution is 7.85. The van der Waals surface area contributed by atoms with Gasteiger partial charge in [0, 0.05) is 12.8 Å². The van der Waals surface area contributed by atoms with E-state index in [1.54, 1.807) is 0 Å². The molecule has 0 aromatic heterocycles. The van der Waals surface area contributed by atoms with Gasteiger partial charge in [0.05, 0.1) is 6.61 Å². The molecule has 0 radical (unpaired) electrons. The van der Waals surface area contributed by atoms with Crippen LogP contribution in [0.15, 0.2) is 60.8 Å². The van der Waals surface area contributed by atoms with Crippen LogP contribution in [0.5, 0.6) is 0 Å². The number of allylic oxidation sites excluding steroid dienone is 10. The Bertz CT molecular complexity index is 1470. The zero-order chi connectivity index (χ0) is 49.8. The second-order valence-corrected chi connectivity index (χ2v) is 20.0. The lowest BCUT2D eigenvalue weighted by molar-refractivity contribution is -0.297. The van der Waals surface area contributed by atoms with Gasteiger partial charge >= 0.3 is 11.9 Å². The molecular weight excluding hydrogens is 885 g/mol. The van der Waals surface area contributed by atoms with E-state index in [1.807, 2.05) is 0 Å². The minimum atomic E-state index is -4.61. The molecule has 1 aliphatic heterocycles. The molecule has 6 atom stereocenters. The summed E-state index contributed by atoms with van der Waals surface area (Å²) < 4.78 is 54.3. The highest BCUT2D eigenvalue weighted by atomic mass is 32.2. The van der Waals surface area contributed by atoms with Gasteiger partial charge in [0.25, 0.3) is 10.1 Å². The maximum atomic E-state index is 12.9. The van der Waals surface area contributed by atoms with Gasteiger partial charge in [0.15, 0.2) is 12.4 Å². The zero-order valence-electron chi connectivity index (χ0n) is 42.4. The average Bonchev–Trinajstić information content (AvgIpc) is 3.31. The molecule has 6 unspecified atom stereocenters. The van der Waals surface area contributed by atoms with Crippen LogP contribution >= 0.6 is 0 Å². The van der Waals surface area contributed by atoms with Crippen LogP contribution in [0.2, 0.25) is 0 Å². The quantitative estimate of drug-likeness (QED) is 0.0196. The summed E-state index contributed by atoms with van der Waals surface area (Å²) >= 11 is 0. The first-order chi connectivity index (χ1) is 33.0. The van der Waals surface area contributed by atoms with Crippen molar-refractivity contribution in [3.8, 4) is 0 Å². The summed E-state index contributed by atoms with van der Waals surface area (Å²) in [6, 6.07) is 0. The molecule has 0 bridgehead atoms. The molecule has 0 spiro atoms. The Hall–Kier alpha value is -2.65. The van der Waals surface area contributed by atoms with Gasteiger partial charge in [0.1, 0.15) is 36.8 Å². The summed E-state index contributed by atoms with van der Waals surface area (Å²) in [5.74, 6) is -2.00. The van der Waals surface area contributed by atoms with Crippen molar-refractivity contribution in [1.29, 1.82) is 0 Å². The van der Waals surface area contributed by atoms with Gasteiger partial charge in [-0.15, -0.1) is 0 Å². The van der Waals surface area contributed by atoms with Gasteiger partial charge in [-0.25, -0.2) is 0 Å². The predicted molar refractivity (Wildman–Crippen MR) is 275 cm³/mol. The number of ether oxygens (including phenoxy) is 4. The lowest BCUT2D eigenvalue weighted by atomic mass is 10.00. The van der Waals surface area contributed by atoms with Crippen LogP contribution in [0.3, 0.4) is 0 Å². The summed E-state index contributed by atoms with van der Waals surface area (Å²) in [4.78, 5) is 25.6. The molecule has 1 aliphatic rings. The Morgan fingerprint density at radius 3 is 1.34 bits per heavy atom. The van der Waals surface area contributed by atoms with E-state index in [1.165, 1.54) is 96.3 Å². The van der Waals surface area contributed by atoms with Crippen molar-refractivity contribution in [2.75, 3.05) is 19.0 Å². The Balaban J connectivity index is 2.37. The number of hydrogen-bond acceptors (Lipinski definition) is 11. The molecule has 13 heteroatoms. The number of unbranched alkanes of at least 4 members (excludes halogenated alkanes) is 23. The molecule has 4 N–H and O–H groups in total. The van der Waals surface area contributed by atoms with Crippen LogP contribution in [0.4, 0.5) is 0 Å². The van der Waals surface area contributed by atoms with E-state index < -0.39 is 71.2 Å². The van der Waals surface area contributed by atoms with Crippen LogP contribution in [0.25, 0.3) is 0 Å². The molecule has 0 saturated carbocycles. The Morgan fingerprint density at radius 2 is 0.882 bits per heavy atom. The first-order valence-electron chi connectivity index (χ1n) is 26.8. The first kappa shape index (κ1) is 63.4. The number of carbonyl (C=O) groups excluding carboxylic acids is 2. The fraction of sp³-hybridized carbons (Fsp3) is 0.782. The van der Waals surface area contributed by atoms with E-state index >= 15 is 0 Å². The lowest BCUT2D eigenvalue weighted by Crippen LogP contribution is -2.60. The van der Waals surface area contributed by atoms with Crippen LogP contribution in [0.1, 0.15) is 219 Å². The van der Waals surface area contributed by atoms with E-state index in [9.17, 15) is 37.9 Å². The van der Waals surface area contributed by atoms with Crippen LogP contribution in [0, 0.1) is 0 Å². The second kappa shape index (κ2) is 44.3. The number of rotatable bonds is 45. The highest BCUT2D eigenvalue weighted by Crippen LogP contribution is 2.24. The molecule has 0 amide bonds. The topological polar surface area (TPSA) is 186 Å². The highest BCUT2D eigenvalue weighted by Gasteiger charge is 2.46. The monoisotopic (exact) mass is 981 g/mol. The van der Waals surface area contributed by atoms with E-state index in [2.05, 4.69) is 74.6 Å². The summed E-state index contributed by atoms with van der Waals surface area (Å²) in [5.41, 5.74) is 0. The van der Waals surface area contributed by atoms with Gasteiger partial charge in [-0.3, -0.25) is 14.1 Å². The fourth-order valence-corrected chi connectivity index (χ4v) is 8.58. The van der Waals surface area contributed by atoms with Crippen molar-refractivity contribution in [3.05, 3.63) is 60.8 Å². The number of aliphatic hydroxyl groups excluding tert-OH is 3. The summed E-state index contributed by atoms with van der Waals surface area (Å²) in [7, 11) is -4.61. The zero-order valence-corrected chi connectivity index (χ0v) is 43.3. The van der Waals surface area contributed by atoms with E-state index in [0.717, 1.165) is 83.5 Å². The summed E-state index contributed by atoms with van der Waals surface area (Å²) in [6.07, 6.45) is 46.8. The third kappa shape index (κ3) is 38.1. The van der Waals surface area contributed by atoms with Crippen molar-refractivity contribution in [1.82, 2.24) is 0 Å². The van der Waals surface area contributed by atoms with E-state index in [4.69, 9.17) is 18.9 Å². The molecule has 68 heavy (non-hydrogen) atoms. The normalized spacial score (nSPS) is 19.6. The molecule has 12 nitrogen and oxygen atoms in total. The van der Waals surface area contributed by atoms with Gasteiger partial charge in [-0.2, -0.15) is 8.42 Å². The van der Waals surface area contributed by atoms with Crippen molar-refractivity contribution < 1.29 is 56.8 Å². The van der Waals surface area contributed by atoms with E-state index in [-0.39, 0.29) is 19.4 Å². The number of hydrogen-bond donors (Lipinski definition) is 4. The molecule has 0 aliphatic carbocycles. The maximum absolute atomic E-state index is 12.9. The Kier molecular flexibility index (Phi) is 41.3. The average molecular weight is 981 g/mol.